The van der Waals surface area contributed by atoms with Gasteiger partial charge < -0.3 is 19.2 Å². The number of aliphatic hydroxyl groups is 1. The summed E-state index contributed by atoms with van der Waals surface area (Å²) in [6, 6.07) is 1.53. The minimum Gasteiger partial charge on any atom is -0.444 e. The third-order valence-electron chi connectivity index (χ3n) is 4.82. The fraction of sp³-hybridized carbons (Fsp3) is 0.938. The number of aliphatic hydroxyl groups excluding tert-OH is 1. The molecular weight excluding hydrogens is 355 g/mol. The summed E-state index contributed by atoms with van der Waals surface area (Å²) in [6.07, 6.45) is -7.50. The topological polar surface area (TPSA) is 59.0 Å². The number of alkyl halides is 3. The fourth-order valence-electron chi connectivity index (χ4n) is 3.06. The number of hydrogen-bond donors (Lipinski definition) is 1. The summed E-state index contributed by atoms with van der Waals surface area (Å²) >= 11 is 0. The Morgan fingerprint density at radius 3 is 2.04 bits per heavy atom. The number of carbonyl (C=O) groups is 1. The number of ether oxygens (including phenoxy) is 1. The maximum absolute atomic E-state index is 13.9. The van der Waals surface area contributed by atoms with Crippen molar-refractivity contribution in [2.24, 2.45) is 0 Å². The van der Waals surface area contributed by atoms with Crippen molar-refractivity contribution in [2.75, 3.05) is 13.1 Å². The Balaban J connectivity index is 3.17. The van der Waals surface area contributed by atoms with E-state index in [4.69, 9.17) is 9.16 Å². The molecular formula is C16H30F3NO4Si. The van der Waals surface area contributed by atoms with Crippen molar-refractivity contribution < 1.29 is 32.2 Å². The molecule has 1 fully saturated rings. The highest BCUT2D eigenvalue weighted by Gasteiger charge is 2.67. The lowest BCUT2D eigenvalue weighted by Crippen LogP contribution is -2.62. The fourth-order valence-corrected chi connectivity index (χ4v) is 6.09. The van der Waals surface area contributed by atoms with E-state index in [0.717, 1.165) is 4.90 Å². The van der Waals surface area contributed by atoms with Crippen molar-refractivity contribution in [3.8, 4) is 0 Å². The first-order chi connectivity index (χ1) is 11.3. The second-order valence-electron chi connectivity index (χ2n) is 7.61. The average molecular weight is 385 g/mol. The second kappa shape index (κ2) is 7.44. The van der Waals surface area contributed by atoms with E-state index in [0.29, 0.717) is 18.1 Å². The van der Waals surface area contributed by atoms with E-state index in [-0.39, 0.29) is 0 Å². The molecule has 0 aromatic rings. The van der Waals surface area contributed by atoms with E-state index in [1.807, 2.05) is 20.8 Å². The van der Waals surface area contributed by atoms with Crippen LogP contribution in [0.5, 0.6) is 0 Å². The third-order valence-corrected chi connectivity index (χ3v) is 9.48. The number of carbonyl (C=O) groups excluding carboxylic acids is 1. The largest absolute Gasteiger partial charge is 0.444 e. The molecule has 148 valence electrons. The number of halogens is 3. The number of rotatable bonds is 5. The lowest BCUT2D eigenvalue weighted by molar-refractivity contribution is -0.269. The maximum Gasteiger partial charge on any atom is 0.420 e. The van der Waals surface area contributed by atoms with Gasteiger partial charge >= 0.3 is 12.3 Å². The van der Waals surface area contributed by atoms with Crippen molar-refractivity contribution in [1.82, 2.24) is 4.90 Å². The average Bonchev–Trinajstić information content (AvgIpc) is 2.81. The van der Waals surface area contributed by atoms with Crippen LogP contribution in [0, 0.1) is 0 Å². The van der Waals surface area contributed by atoms with Gasteiger partial charge in [0, 0.05) is 0 Å². The molecule has 0 spiro atoms. The predicted molar refractivity (Wildman–Crippen MR) is 90.9 cm³/mol. The molecule has 25 heavy (non-hydrogen) atoms. The Hall–Kier alpha value is -0.803. The van der Waals surface area contributed by atoms with E-state index in [1.54, 1.807) is 20.8 Å². The molecule has 1 aliphatic rings. The number of hydrogen-bond acceptors (Lipinski definition) is 4. The normalized spacial score (nSPS) is 25.4. The summed E-state index contributed by atoms with van der Waals surface area (Å²) in [5.41, 5.74) is -3.58. The molecule has 2 atom stereocenters. The summed E-state index contributed by atoms with van der Waals surface area (Å²) in [6.45, 7) is 9.14. The van der Waals surface area contributed by atoms with Crippen LogP contribution < -0.4 is 0 Å². The van der Waals surface area contributed by atoms with Gasteiger partial charge in [-0.2, -0.15) is 13.2 Å². The van der Waals surface area contributed by atoms with E-state index < -0.39 is 51.0 Å². The van der Waals surface area contributed by atoms with Crippen molar-refractivity contribution in [2.45, 2.75) is 83.2 Å². The molecule has 1 N–H and O–H groups in total. The van der Waals surface area contributed by atoms with Crippen LogP contribution in [-0.2, 0) is 9.16 Å². The number of amides is 1. The van der Waals surface area contributed by atoms with Gasteiger partial charge in [0.1, 0.15) is 11.7 Å². The van der Waals surface area contributed by atoms with Crippen molar-refractivity contribution >= 4 is 14.4 Å². The second-order valence-corrected chi connectivity index (χ2v) is 12.3. The molecule has 0 aromatic carbocycles. The lowest BCUT2D eigenvalue weighted by atomic mass is 10.0. The molecule has 0 aromatic heterocycles. The van der Waals surface area contributed by atoms with Crippen molar-refractivity contribution in [3.63, 3.8) is 0 Å². The van der Waals surface area contributed by atoms with E-state index in [9.17, 15) is 23.1 Å². The molecule has 0 bridgehead atoms. The van der Waals surface area contributed by atoms with Gasteiger partial charge in [-0.15, -0.1) is 0 Å². The molecule has 9 heteroatoms. The standard InChI is InChI=1S/C16H30F3NO4Si/c1-7-25(8-2,9-3)24-15(16(17,18)19)11-20(10-12(15)21)13(22)23-14(4,5)6/h12,21H,7-11H2,1-6H3. The first kappa shape index (κ1) is 22.2. The van der Waals surface area contributed by atoms with Gasteiger partial charge in [0.2, 0.25) is 0 Å². The Bertz CT molecular complexity index is 469. The van der Waals surface area contributed by atoms with E-state index >= 15 is 0 Å². The van der Waals surface area contributed by atoms with Crippen LogP contribution in [0.25, 0.3) is 0 Å². The van der Waals surface area contributed by atoms with Crippen LogP contribution >= 0.6 is 0 Å². The number of nitrogens with zero attached hydrogens (tertiary/aromatic N) is 1. The van der Waals surface area contributed by atoms with Gasteiger partial charge in [0.05, 0.1) is 13.1 Å². The van der Waals surface area contributed by atoms with Gasteiger partial charge in [-0.3, -0.25) is 0 Å². The van der Waals surface area contributed by atoms with Crippen LogP contribution in [-0.4, -0.2) is 61.0 Å². The maximum atomic E-state index is 13.9. The van der Waals surface area contributed by atoms with Gasteiger partial charge in [-0.1, -0.05) is 20.8 Å². The molecule has 0 radical (unpaired) electrons. The smallest absolute Gasteiger partial charge is 0.420 e. The molecule has 1 aliphatic heterocycles. The van der Waals surface area contributed by atoms with Crippen LogP contribution in [0.2, 0.25) is 18.1 Å². The van der Waals surface area contributed by atoms with Gasteiger partial charge in [-0.25, -0.2) is 4.79 Å². The van der Waals surface area contributed by atoms with Gasteiger partial charge in [0.15, 0.2) is 13.9 Å². The highest BCUT2D eigenvalue weighted by molar-refractivity contribution is 6.73. The third kappa shape index (κ3) is 4.68. The Labute approximate surface area is 148 Å². The number of likely N-dealkylation sites (tertiary alicyclic amines) is 1. The summed E-state index contributed by atoms with van der Waals surface area (Å²) in [7, 11) is -2.68. The summed E-state index contributed by atoms with van der Waals surface area (Å²) in [5, 5.41) is 10.3. The molecule has 1 heterocycles. The molecule has 5 nitrogen and oxygen atoms in total. The van der Waals surface area contributed by atoms with E-state index in [2.05, 4.69) is 0 Å². The molecule has 2 unspecified atom stereocenters. The highest BCUT2D eigenvalue weighted by Crippen LogP contribution is 2.45. The van der Waals surface area contributed by atoms with Crippen molar-refractivity contribution in [3.05, 3.63) is 0 Å². The summed E-state index contributed by atoms with van der Waals surface area (Å²) in [4.78, 5) is 13.1. The van der Waals surface area contributed by atoms with Crippen LogP contribution in [0.15, 0.2) is 0 Å². The minimum atomic E-state index is -4.79. The first-order valence-corrected chi connectivity index (χ1v) is 11.2. The Morgan fingerprint density at radius 2 is 1.68 bits per heavy atom. The van der Waals surface area contributed by atoms with E-state index in [1.165, 1.54) is 0 Å². The van der Waals surface area contributed by atoms with Gasteiger partial charge in [0.25, 0.3) is 0 Å². The highest BCUT2D eigenvalue weighted by atomic mass is 28.4. The molecule has 0 aliphatic carbocycles. The first-order valence-electron chi connectivity index (χ1n) is 8.68. The zero-order valence-corrected chi connectivity index (χ0v) is 16.9. The van der Waals surface area contributed by atoms with Crippen LogP contribution in [0.4, 0.5) is 18.0 Å². The van der Waals surface area contributed by atoms with Crippen LogP contribution in [0.3, 0.4) is 0 Å². The Morgan fingerprint density at radius 1 is 1.20 bits per heavy atom. The summed E-state index contributed by atoms with van der Waals surface area (Å²) in [5.74, 6) is 0. The zero-order valence-electron chi connectivity index (χ0n) is 15.9. The number of β-amino-alcohol motifs (C(OH)–C–C–N with tert-alkyl or cyclic N) is 1. The monoisotopic (exact) mass is 385 g/mol. The van der Waals surface area contributed by atoms with Gasteiger partial charge in [-0.05, 0) is 38.9 Å². The quantitative estimate of drug-likeness (QED) is 0.729. The minimum absolute atomic E-state index is 0.462. The molecule has 1 amide bonds. The molecule has 1 rings (SSSR count). The molecule has 1 saturated heterocycles. The Kier molecular flexibility index (Phi) is 6.62. The SMILES string of the molecule is CC[Si](CC)(CC)OC1(C(F)(F)F)CN(C(=O)OC(C)(C)C)CC1O. The predicted octanol–water partition coefficient (Wildman–Crippen LogP) is 3.92. The zero-order chi connectivity index (χ0) is 19.7. The molecule has 0 saturated carbocycles. The van der Waals surface area contributed by atoms with Crippen molar-refractivity contribution in [1.29, 1.82) is 0 Å². The summed E-state index contributed by atoms with van der Waals surface area (Å²) < 4.78 is 52.7. The lowest BCUT2D eigenvalue weighted by Gasteiger charge is -2.42. The van der Waals surface area contributed by atoms with Crippen LogP contribution in [0.1, 0.15) is 41.5 Å².